The molecule has 0 amide bonds. The Morgan fingerprint density at radius 1 is 1.05 bits per heavy atom. The summed E-state index contributed by atoms with van der Waals surface area (Å²) in [6.07, 6.45) is 5.43. The van der Waals surface area contributed by atoms with Gasteiger partial charge in [-0.1, -0.05) is 42.1 Å². The number of pyridine rings is 1. The number of hydrogen-bond donors (Lipinski definition) is 0. The van der Waals surface area contributed by atoms with Crippen molar-refractivity contribution in [3.8, 4) is 11.3 Å². The van der Waals surface area contributed by atoms with Crippen LogP contribution in [0.15, 0.2) is 65.7 Å². The molecule has 0 fully saturated rings. The van der Waals surface area contributed by atoms with Crippen LogP contribution in [-0.2, 0) is 0 Å². The van der Waals surface area contributed by atoms with Crippen LogP contribution < -0.4 is 4.68 Å². The van der Waals surface area contributed by atoms with Gasteiger partial charge in [-0.05, 0) is 28.4 Å². The molecular weight excluding hydrogens is 328 g/mol. The monoisotopic (exact) mass is 340 g/mol. The summed E-state index contributed by atoms with van der Waals surface area (Å²) in [6, 6.07) is 13.9. The molecule has 0 saturated heterocycles. The predicted octanol–water partition coefficient (Wildman–Crippen LogP) is 3.97. The molecule has 0 unspecified atom stereocenters. The molecule has 0 spiro atoms. The average molecular weight is 341 g/mol. The highest BCUT2D eigenvalue weighted by Gasteiger charge is 2.03. The van der Waals surface area contributed by atoms with Crippen LogP contribution in [0, 0.1) is 6.92 Å². The first-order chi connectivity index (χ1) is 10.2. The molecule has 0 aliphatic heterocycles. The minimum Gasteiger partial charge on any atom is -0.434 e. The van der Waals surface area contributed by atoms with Crippen molar-refractivity contribution >= 4 is 21.7 Å². The van der Waals surface area contributed by atoms with Gasteiger partial charge >= 0.3 is 0 Å². The van der Waals surface area contributed by atoms with Crippen molar-refractivity contribution in [1.82, 2.24) is 9.97 Å². The fraction of sp³-hybridized carbons (Fsp3) is 0.0625. The number of benzene rings is 1. The third-order valence-electron chi connectivity index (χ3n) is 2.97. The average Bonchev–Trinajstić information content (AvgIpc) is 2.51. The second-order valence-corrected chi connectivity index (χ2v) is 5.34. The van der Waals surface area contributed by atoms with Gasteiger partial charge in [-0.15, -0.1) is 0 Å². The lowest BCUT2D eigenvalue weighted by Gasteiger charge is -2.12. The van der Waals surface area contributed by atoms with E-state index < -0.39 is 0 Å². The van der Waals surface area contributed by atoms with Crippen LogP contribution in [-0.4, -0.2) is 9.97 Å². The molecule has 21 heavy (non-hydrogen) atoms. The lowest BCUT2D eigenvalue weighted by molar-refractivity contribution is -0.619. The van der Waals surface area contributed by atoms with E-state index in [2.05, 4.69) is 50.4 Å². The van der Waals surface area contributed by atoms with Gasteiger partial charge in [-0.25, -0.2) is 4.98 Å². The summed E-state index contributed by atoms with van der Waals surface area (Å²) < 4.78 is 2.32. The molecule has 0 atom stereocenters. The second-order valence-electron chi connectivity index (χ2n) is 4.59. The van der Waals surface area contributed by atoms with Crippen molar-refractivity contribution in [2.24, 2.45) is 0 Å². The van der Waals surface area contributed by atoms with Crippen molar-refractivity contribution in [2.45, 2.75) is 6.92 Å². The van der Waals surface area contributed by atoms with E-state index in [1.54, 1.807) is 10.9 Å². The Balaban J connectivity index is 1.88. The Hall–Kier alpha value is -2.27. The molecule has 5 heteroatoms. The Morgan fingerprint density at radius 2 is 1.76 bits per heavy atom. The summed E-state index contributed by atoms with van der Waals surface area (Å²) in [6.45, 7) is 2.06. The molecule has 0 bridgehead atoms. The molecule has 2 heterocycles. The van der Waals surface area contributed by atoms with Gasteiger partial charge in [0.1, 0.15) is 4.60 Å². The van der Waals surface area contributed by atoms with Crippen LogP contribution in [0.25, 0.3) is 16.7 Å². The van der Waals surface area contributed by atoms with Gasteiger partial charge in [0.2, 0.25) is 0 Å². The van der Waals surface area contributed by atoms with Gasteiger partial charge in [0.25, 0.3) is 0 Å². The Labute approximate surface area is 131 Å². The van der Waals surface area contributed by atoms with E-state index in [-0.39, 0.29) is 0 Å². The lowest BCUT2D eigenvalue weighted by atomic mass is 10.1. The molecular formula is C16H13BrN4. The van der Waals surface area contributed by atoms with E-state index >= 15 is 0 Å². The van der Waals surface area contributed by atoms with Gasteiger partial charge < -0.3 is 4.98 Å². The Morgan fingerprint density at radius 3 is 2.43 bits per heavy atom. The van der Waals surface area contributed by atoms with Crippen LogP contribution >= 0.6 is 15.9 Å². The third-order valence-corrected chi connectivity index (χ3v) is 3.50. The fourth-order valence-corrected chi connectivity index (χ4v) is 2.23. The van der Waals surface area contributed by atoms with Crippen molar-refractivity contribution in [2.75, 3.05) is 0 Å². The topological polar surface area (TPSA) is 43.8 Å². The first-order valence-electron chi connectivity index (χ1n) is 6.50. The van der Waals surface area contributed by atoms with Crippen molar-refractivity contribution in [3.05, 3.63) is 76.6 Å². The Bertz CT molecular complexity index is 742. The van der Waals surface area contributed by atoms with Crippen LogP contribution in [0.1, 0.15) is 5.56 Å². The zero-order valence-electron chi connectivity index (χ0n) is 11.4. The maximum Gasteiger partial charge on any atom is 0.182 e. The maximum atomic E-state index is 4.52. The summed E-state index contributed by atoms with van der Waals surface area (Å²) in [4.78, 5) is 8.89. The van der Waals surface area contributed by atoms with Crippen molar-refractivity contribution in [1.29, 1.82) is 0 Å². The Kier molecular flexibility index (Phi) is 3.92. The molecule has 104 valence electrons. The van der Waals surface area contributed by atoms with E-state index in [4.69, 9.17) is 0 Å². The first-order valence-corrected chi connectivity index (χ1v) is 7.29. The number of halogens is 1. The van der Waals surface area contributed by atoms with Gasteiger partial charge in [0, 0.05) is 18.0 Å². The first kappa shape index (κ1) is 13.7. The highest BCUT2D eigenvalue weighted by atomic mass is 79.9. The van der Waals surface area contributed by atoms with Crippen molar-refractivity contribution < 1.29 is 4.68 Å². The smallest absolute Gasteiger partial charge is 0.182 e. The standard InChI is InChI=1S/C16H13BrN4/c1-12-5-7-13(8-6-12)14-11-18-16(15(17)19-14)20-21-9-3-2-4-10-21/h2-11H,1H3. The second kappa shape index (κ2) is 6.01. The maximum absolute atomic E-state index is 4.52. The minimum atomic E-state index is 0.544. The zero-order valence-corrected chi connectivity index (χ0v) is 13.0. The lowest BCUT2D eigenvalue weighted by Crippen LogP contribution is -2.26. The molecule has 0 N–H and O–H groups in total. The zero-order chi connectivity index (χ0) is 14.7. The molecule has 0 aliphatic carbocycles. The number of aryl methyl sites for hydroxylation is 1. The van der Waals surface area contributed by atoms with E-state index in [0.717, 1.165) is 11.3 Å². The highest BCUT2D eigenvalue weighted by molar-refractivity contribution is 9.10. The molecule has 3 aromatic rings. The van der Waals surface area contributed by atoms with E-state index in [0.29, 0.717) is 10.4 Å². The van der Waals surface area contributed by atoms with E-state index in [1.807, 2.05) is 42.7 Å². The molecule has 4 nitrogen and oxygen atoms in total. The van der Waals surface area contributed by atoms with Crippen LogP contribution in [0.2, 0.25) is 0 Å². The third kappa shape index (κ3) is 3.25. The molecule has 3 rings (SSSR count). The largest absolute Gasteiger partial charge is 0.434 e. The summed E-state index contributed by atoms with van der Waals surface area (Å²) in [7, 11) is 0. The SMILES string of the molecule is Cc1ccc(-c2cnc([N-][n+]3ccccc3)c(Br)n2)cc1. The van der Waals surface area contributed by atoms with E-state index in [9.17, 15) is 0 Å². The van der Waals surface area contributed by atoms with Crippen LogP contribution in [0.3, 0.4) is 0 Å². The molecule has 0 radical (unpaired) electrons. The van der Waals surface area contributed by atoms with Crippen molar-refractivity contribution in [3.63, 3.8) is 0 Å². The van der Waals surface area contributed by atoms with Gasteiger partial charge in [-0.2, -0.15) is 10.1 Å². The van der Waals surface area contributed by atoms with Crippen LogP contribution in [0.4, 0.5) is 5.82 Å². The number of nitrogens with zero attached hydrogens (tertiary/aromatic N) is 4. The predicted molar refractivity (Wildman–Crippen MR) is 85.0 cm³/mol. The van der Waals surface area contributed by atoms with Gasteiger partial charge in [0.15, 0.2) is 12.4 Å². The quantitative estimate of drug-likeness (QED) is 0.677. The number of rotatable bonds is 3. The highest BCUT2D eigenvalue weighted by Crippen LogP contribution is 2.26. The van der Waals surface area contributed by atoms with Crippen LogP contribution in [0.5, 0.6) is 0 Å². The molecule has 0 aliphatic rings. The fourth-order valence-electron chi connectivity index (χ4n) is 1.86. The summed E-state index contributed by atoms with van der Waals surface area (Å²) in [5.74, 6) is 0.544. The molecule has 0 saturated carbocycles. The molecule has 1 aromatic carbocycles. The minimum absolute atomic E-state index is 0.544. The van der Waals surface area contributed by atoms with Gasteiger partial charge in [-0.3, -0.25) is 0 Å². The van der Waals surface area contributed by atoms with Gasteiger partial charge in [0.05, 0.1) is 5.69 Å². The number of aromatic nitrogens is 3. The summed E-state index contributed by atoms with van der Waals surface area (Å²) in [5.41, 5.74) is 7.46. The molecule has 2 aromatic heterocycles. The normalized spacial score (nSPS) is 10.4. The summed E-state index contributed by atoms with van der Waals surface area (Å²) >= 11 is 3.44. The number of hydrogen-bond acceptors (Lipinski definition) is 2. The van der Waals surface area contributed by atoms with E-state index in [1.165, 1.54) is 5.56 Å². The summed E-state index contributed by atoms with van der Waals surface area (Å²) in [5, 5.41) is 0.